The Bertz CT molecular complexity index is 344. The molecule has 14 heavy (non-hydrogen) atoms. The monoisotopic (exact) mass is 230 g/mol. The number of hydrogen-bond acceptors (Lipinski definition) is 5. The van der Waals surface area contributed by atoms with Gasteiger partial charge in [-0.15, -0.1) is 11.8 Å². The van der Waals surface area contributed by atoms with E-state index in [2.05, 4.69) is 12.6 Å². The molecule has 0 aromatic heterocycles. The van der Waals surface area contributed by atoms with E-state index in [0.717, 1.165) is 16.4 Å². The van der Waals surface area contributed by atoms with Gasteiger partial charge in [0, 0.05) is 16.7 Å². The summed E-state index contributed by atoms with van der Waals surface area (Å²) in [5.41, 5.74) is 5.69. The van der Waals surface area contributed by atoms with Crippen LogP contribution in [0.1, 0.15) is 0 Å². The minimum atomic E-state index is -0.484. The first-order valence-corrected chi connectivity index (χ1v) is 5.54. The molecule has 0 heterocycles. The number of nitrogens with zero attached hydrogens (tertiary/aromatic N) is 1. The highest BCUT2D eigenvalue weighted by Gasteiger charge is 2.10. The summed E-state index contributed by atoms with van der Waals surface area (Å²) in [5, 5.41) is 10.5. The summed E-state index contributed by atoms with van der Waals surface area (Å²) in [6.07, 6.45) is 0. The molecular weight excluding hydrogens is 220 g/mol. The molecule has 0 saturated carbocycles. The zero-order valence-corrected chi connectivity index (χ0v) is 9.05. The minimum Gasteiger partial charge on any atom is -0.393 e. The van der Waals surface area contributed by atoms with Crippen LogP contribution in [-0.2, 0) is 0 Å². The van der Waals surface area contributed by atoms with Gasteiger partial charge in [-0.25, -0.2) is 0 Å². The molecule has 0 aliphatic carbocycles. The van der Waals surface area contributed by atoms with Crippen molar-refractivity contribution in [2.24, 2.45) is 0 Å². The molecule has 4 nitrogen and oxygen atoms in total. The molecule has 0 fully saturated rings. The highest BCUT2D eigenvalue weighted by molar-refractivity contribution is 8.00. The molecular formula is C8H10N2O2S2. The molecule has 0 spiro atoms. The fourth-order valence-electron chi connectivity index (χ4n) is 0.952. The highest BCUT2D eigenvalue weighted by Crippen LogP contribution is 2.27. The molecule has 0 unspecified atom stereocenters. The highest BCUT2D eigenvalue weighted by atomic mass is 32.2. The van der Waals surface area contributed by atoms with Crippen molar-refractivity contribution in [1.29, 1.82) is 0 Å². The van der Waals surface area contributed by atoms with E-state index in [1.807, 2.05) is 0 Å². The molecule has 0 aliphatic rings. The average Bonchev–Trinajstić information content (AvgIpc) is 2.14. The maximum atomic E-state index is 10.5. The Labute approximate surface area is 91.4 Å². The van der Waals surface area contributed by atoms with Gasteiger partial charge >= 0.3 is 0 Å². The van der Waals surface area contributed by atoms with Gasteiger partial charge in [0.25, 0.3) is 5.69 Å². The van der Waals surface area contributed by atoms with E-state index in [4.69, 9.17) is 5.73 Å². The third kappa shape index (κ3) is 2.81. The van der Waals surface area contributed by atoms with Gasteiger partial charge in [0.05, 0.1) is 4.92 Å². The topological polar surface area (TPSA) is 69.2 Å². The van der Waals surface area contributed by atoms with E-state index in [1.165, 1.54) is 6.07 Å². The predicted octanol–water partition coefficient (Wildman–Crippen LogP) is 2.20. The molecule has 0 radical (unpaired) electrons. The second-order valence-corrected chi connectivity index (χ2v) is 4.17. The summed E-state index contributed by atoms with van der Waals surface area (Å²) in [6.45, 7) is 0. The van der Waals surface area contributed by atoms with Crippen LogP contribution in [-0.4, -0.2) is 16.4 Å². The summed E-state index contributed by atoms with van der Waals surface area (Å²) < 4.78 is 0. The summed E-state index contributed by atoms with van der Waals surface area (Å²) in [5.74, 6) is 1.63. The number of nitrogen functional groups attached to an aromatic ring is 1. The van der Waals surface area contributed by atoms with Crippen LogP contribution in [0.2, 0.25) is 0 Å². The Kier molecular flexibility index (Phi) is 4.09. The van der Waals surface area contributed by atoms with Crippen molar-refractivity contribution in [1.82, 2.24) is 0 Å². The van der Waals surface area contributed by atoms with Gasteiger partial charge in [-0.1, -0.05) is 0 Å². The summed E-state index contributed by atoms with van der Waals surface area (Å²) in [7, 11) is 0. The number of hydrogen-bond donors (Lipinski definition) is 2. The van der Waals surface area contributed by atoms with Crippen molar-refractivity contribution in [2.45, 2.75) is 4.90 Å². The van der Waals surface area contributed by atoms with E-state index in [9.17, 15) is 10.1 Å². The Morgan fingerprint density at radius 1 is 1.57 bits per heavy atom. The van der Waals surface area contributed by atoms with Crippen molar-refractivity contribution >= 4 is 35.8 Å². The first kappa shape index (κ1) is 11.2. The van der Waals surface area contributed by atoms with Crippen LogP contribution in [0.15, 0.2) is 23.1 Å². The second kappa shape index (κ2) is 5.11. The fraction of sp³-hybridized carbons (Fsp3) is 0.250. The van der Waals surface area contributed by atoms with Crippen LogP contribution in [0, 0.1) is 10.1 Å². The van der Waals surface area contributed by atoms with E-state index < -0.39 is 4.92 Å². The van der Waals surface area contributed by atoms with Gasteiger partial charge in [0.15, 0.2) is 0 Å². The maximum Gasteiger partial charge on any atom is 0.292 e. The number of thioether (sulfide) groups is 1. The lowest BCUT2D eigenvalue weighted by Gasteiger charge is -2.01. The Morgan fingerprint density at radius 2 is 2.29 bits per heavy atom. The molecule has 2 N–H and O–H groups in total. The molecule has 0 aliphatic heterocycles. The number of anilines is 1. The van der Waals surface area contributed by atoms with Gasteiger partial charge in [-0.2, -0.15) is 12.6 Å². The lowest BCUT2D eigenvalue weighted by Crippen LogP contribution is -1.95. The number of rotatable bonds is 4. The lowest BCUT2D eigenvalue weighted by molar-refractivity contribution is -0.383. The van der Waals surface area contributed by atoms with Gasteiger partial charge in [0.2, 0.25) is 0 Å². The van der Waals surface area contributed by atoms with Crippen LogP contribution in [0.3, 0.4) is 0 Å². The van der Waals surface area contributed by atoms with Crippen LogP contribution in [0.25, 0.3) is 0 Å². The van der Waals surface area contributed by atoms with Crippen molar-refractivity contribution in [3.63, 3.8) is 0 Å². The Morgan fingerprint density at radius 3 is 2.79 bits per heavy atom. The number of nitro benzene ring substituents is 1. The smallest absolute Gasteiger partial charge is 0.292 e. The fourth-order valence-corrected chi connectivity index (χ4v) is 1.93. The average molecular weight is 230 g/mol. The van der Waals surface area contributed by atoms with E-state index in [1.54, 1.807) is 23.9 Å². The molecule has 1 rings (SSSR count). The van der Waals surface area contributed by atoms with Crippen LogP contribution >= 0.6 is 24.4 Å². The molecule has 1 aromatic carbocycles. The van der Waals surface area contributed by atoms with Crippen molar-refractivity contribution in [2.75, 3.05) is 17.2 Å². The van der Waals surface area contributed by atoms with Crippen LogP contribution in [0.5, 0.6) is 0 Å². The van der Waals surface area contributed by atoms with Gasteiger partial charge in [-0.3, -0.25) is 10.1 Å². The third-order valence-corrected chi connectivity index (χ3v) is 3.08. The first-order valence-electron chi connectivity index (χ1n) is 3.92. The largest absolute Gasteiger partial charge is 0.393 e. The molecule has 0 saturated heterocycles. The van der Waals surface area contributed by atoms with Crippen molar-refractivity contribution in [3.05, 3.63) is 28.3 Å². The lowest BCUT2D eigenvalue weighted by atomic mass is 10.3. The Hall–Kier alpha value is -0.880. The van der Waals surface area contributed by atoms with Gasteiger partial charge in [-0.05, 0) is 17.9 Å². The van der Waals surface area contributed by atoms with Crippen LogP contribution in [0.4, 0.5) is 11.4 Å². The molecule has 0 bridgehead atoms. The van der Waals surface area contributed by atoms with E-state index >= 15 is 0 Å². The minimum absolute atomic E-state index is 0.0415. The number of nitro groups is 1. The quantitative estimate of drug-likeness (QED) is 0.273. The zero-order chi connectivity index (χ0) is 10.6. The molecule has 76 valence electrons. The van der Waals surface area contributed by atoms with Crippen LogP contribution < -0.4 is 5.73 Å². The second-order valence-electron chi connectivity index (χ2n) is 2.55. The molecule has 0 amide bonds. The normalized spacial score (nSPS) is 10.1. The standard InChI is InChI=1S/C8H10N2O2S2/c9-7-5-6(14-4-3-13)1-2-8(7)10(11)12/h1-2,5,13H,3-4,9H2. The summed E-state index contributed by atoms with van der Waals surface area (Å²) in [6, 6.07) is 4.74. The SMILES string of the molecule is Nc1cc(SCCS)ccc1[N+](=O)[O-]. The number of thiol groups is 1. The number of benzene rings is 1. The first-order chi connectivity index (χ1) is 6.65. The van der Waals surface area contributed by atoms with E-state index in [0.29, 0.717) is 0 Å². The van der Waals surface area contributed by atoms with Gasteiger partial charge in [0.1, 0.15) is 5.69 Å². The molecule has 6 heteroatoms. The molecule has 0 atom stereocenters. The van der Waals surface area contributed by atoms with Crippen molar-refractivity contribution in [3.8, 4) is 0 Å². The van der Waals surface area contributed by atoms with E-state index in [-0.39, 0.29) is 11.4 Å². The summed E-state index contributed by atoms with van der Waals surface area (Å²) in [4.78, 5) is 10.9. The maximum absolute atomic E-state index is 10.5. The summed E-state index contributed by atoms with van der Waals surface area (Å²) >= 11 is 5.65. The van der Waals surface area contributed by atoms with Crippen molar-refractivity contribution < 1.29 is 4.92 Å². The predicted molar refractivity (Wildman–Crippen MR) is 62.1 cm³/mol. The zero-order valence-electron chi connectivity index (χ0n) is 7.34. The molecule has 1 aromatic rings. The third-order valence-electron chi connectivity index (χ3n) is 1.56. The number of nitrogens with two attached hydrogens (primary N) is 1. The Balaban J connectivity index is 2.83. The van der Waals surface area contributed by atoms with Gasteiger partial charge < -0.3 is 5.73 Å².